The van der Waals surface area contributed by atoms with Gasteiger partial charge in [-0.2, -0.15) is 0 Å². The predicted octanol–water partition coefficient (Wildman–Crippen LogP) is 6.52. The summed E-state index contributed by atoms with van der Waals surface area (Å²) in [5.41, 5.74) is 3.92. The van der Waals surface area contributed by atoms with E-state index >= 15 is 0 Å². The Kier molecular flexibility index (Phi) is 8.00. The second-order valence-electron chi connectivity index (χ2n) is 8.50. The molecule has 2 aromatic carbocycles. The summed E-state index contributed by atoms with van der Waals surface area (Å²) in [5.74, 6) is 2.47. The van der Waals surface area contributed by atoms with E-state index in [0.29, 0.717) is 12.0 Å². The lowest BCUT2D eigenvalue weighted by atomic mass is 9.86. The summed E-state index contributed by atoms with van der Waals surface area (Å²) in [5, 5.41) is 3.60. The average molecular weight is 396 g/mol. The quantitative estimate of drug-likeness (QED) is 0.367. The molecule has 2 aromatic rings. The molecule has 0 saturated heterocycles. The van der Waals surface area contributed by atoms with Gasteiger partial charge in [-0.3, -0.25) is 5.32 Å². The van der Waals surface area contributed by atoms with E-state index in [2.05, 4.69) is 45.1 Å². The van der Waals surface area contributed by atoms with Crippen LogP contribution >= 0.6 is 0 Å². The van der Waals surface area contributed by atoms with Gasteiger partial charge < -0.3 is 9.47 Å². The topological polar surface area (TPSA) is 30.5 Å². The van der Waals surface area contributed by atoms with Crippen molar-refractivity contribution in [1.29, 1.82) is 0 Å². The normalized spacial score (nSPS) is 19.3. The van der Waals surface area contributed by atoms with Gasteiger partial charge in [-0.15, -0.1) is 0 Å². The molecule has 0 bridgehead atoms. The van der Waals surface area contributed by atoms with Crippen LogP contribution in [0.15, 0.2) is 42.5 Å². The van der Waals surface area contributed by atoms with Gasteiger partial charge >= 0.3 is 0 Å². The zero-order valence-electron chi connectivity index (χ0n) is 18.5. The van der Waals surface area contributed by atoms with Crippen LogP contribution in [0.3, 0.4) is 0 Å². The van der Waals surface area contributed by atoms with Crippen LogP contribution in [0.4, 0.5) is 0 Å². The van der Waals surface area contributed by atoms with Crippen LogP contribution in [0.1, 0.15) is 75.0 Å². The number of ether oxygens (including phenoxy) is 2. The fourth-order valence-electron chi connectivity index (χ4n) is 4.33. The minimum absolute atomic E-state index is 0.0300. The van der Waals surface area contributed by atoms with Crippen LogP contribution in [-0.4, -0.2) is 18.9 Å². The zero-order valence-corrected chi connectivity index (χ0v) is 18.5. The van der Waals surface area contributed by atoms with Gasteiger partial charge in [0.05, 0.1) is 6.10 Å². The van der Waals surface area contributed by atoms with Crippen LogP contribution in [0.5, 0.6) is 11.5 Å². The molecule has 0 radical (unpaired) electrons. The van der Waals surface area contributed by atoms with E-state index in [0.717, 1.165) is 30.9 Å². The Bertz CT molecular complexity index is 759. The van der Waals surface area contributed by atoms with Crippen molar-refractivity contribution in [2.75, 3.05) is 6.54 Å². The van der Waals surface area contributed by atoms with Gasteiger partial charge in [0.15, 0.2) is 0 Å². The lowest BCUT2D eigenvalue weighted by molar-refractivity contribution is 0.133. The minimum Gasteiger partial charge on any atom is -0.490 e. The Hall–Kier alpha value is -2.00. The van der Waals surface area contributed by atoms with Crippen LogP contribution in [0, 0.1) is 13.8 Å². The summed E-state index contributed by atoms with van der Waals surface area (Å²) in [6, 6.07) is 14.6. The van der Waals surface area contributed by atoms with E-state index in [1.54, 1.807) is 0 Å². The molecule has 29 heavy (non-hydrogen) atoms. The molecule has 0 spiro atoms. The Morgan fingerprint density at radius 3 is 2.66 bits per heavy atom. The first kappa shape index (κ1) is 21.7. The zero-order chi connectivity index (χ0) is 20.6. The molecule has 1 heterocycles. The highest BCUT2D eigenvalue weighted by molar-refractivity contribution is 5.47. The third-order valence-corrected chi connectivity index (χ3v) is 5.81. The summed E-state index contributed by atoms with van der Waals surface area (Å²) in [4.78, 5) is 0. The molecule has 3 atom stereocenters. The molecule has 0 amide bonds. The van der Waals surface area contributed by atoms with E-state index < -0.39 is 0 Å². The summed E-state index contributed by atoms with van der Waals surface area (Å²) in [6.07, 6.45) is 7.68. The molecule has 1 N–H and O–H groups in total. The smallest absolute Gasteiger partial charge is 0.147 e. The lowest BCUT2D eigenvalue weighted by Crippen LogP contribution is -2.37. The number of hydrogen-bond donors (Lipinski definition) is 1. The standard InChI is InChI=1S/C26H37NO2/c1-5-6-7-9-14-24-17-22(25-16-19(2)15-20(3)26(25)29-24)18-27-21(4)28-23-12-10-8-11-13-23/h8,10-13,15-16,21-22,24,27H,5-7,9,14,17-18H2,1-4H3/t21?,22-,24?/m0/s1. The number of aryl methyl sites for hydroxylation is 2. The maximum Gasteiger partial charge on any atom is 0.147 e. The molecule has 158 valence electrons. The largest absolute Gasteiger partial charge is 0.490 e. The number of para-hydroxylation sites is 1. The van der Waals surface area contributed by atoms with E-state index in [9.17, 15) is 0 Å². The van der Waals surface area contributed by atoms with Crippen LogP contribution in [0.25, 0.3) is 0 Å². The van der Waals surface area contributed by atoms with E-state index in [1.807, 2.05) is 30.3 Å². The van der Waals surface area contributed by atoms with Gasteiger partial charge in [-0.25, -0.2) is 0 Å². The van der Waals surface area contributed by atoms with E-state index in [1.165, 1.54) is 42.4 Å². The highest BCUT2D eigenvalue weighted by Crippen LogP contribution is 2.40. The monoisotopic (exact) mass is 395 g/mol. The van der Waals surface area contributed by atoms with Gasteiger partial charge in [0.2, 0.25) is 0 Å². The molecular formula is C26H37NO2. The van der Waals surface area contributed by atoms with Crippen molar-refractivity contribution < 1.29 is 9.47 Å². The third-order valence-electron chi connectivity index (χ3n) is 5.81. The molecule has 3 heteroatoms. The van der Waals surface area contributed by atoms with Gasteiger partial charge in [0.1, 0.15) is 17.7 Å². The van der Waals surface area contributed by atoms with Gasteiger partial charge in [0, 0.05) is 12.5 Å². The van der Waals surface area contributed by atoms with Crippen molar-refractivity contribution in [3.05, 3.63) is 59.2 Å². The van der Waals surface area contributed by atoms with Crippen molar-refractivity contribution in [2.24, 2.45) is 0 Å². The van der Waals surface area contributed by atoms with Crippen molar-refractivity contribution in [1.82, 2.24) is 5.32 Å². The summed E-state index contributed by atoms with van der Waals surface area (Å²) in [6.45, 7) is 9.60. The SMILES string of the molecule is CCCCCCC1C[C@@H](CNC(C)Oc2ccccc2)c2cc(C)cc(C)c2O1. The molecule has 0 saturated carbocycles. The number of hydrogen-bond acceptors (Lipinski definition) is 3. The van der Waals surface area contributed by atoms with Crippen molar-refractivity contribution in [3.8, 4) is 11.5 Å². The predicted molar refractivity (Wildman–Crippen MR) is 121 cm³/mol. The number of unbranched alkanes of at least 4 members (excludes halogenated alkanes) is 3. The van der Waals surface area contributed by atoms with Crippen molar-refractivity contribution in [3.63, 3.8) is 0 Å². The summed E-state index contributed by atoms with van der Waals surface area (Å²) in [7, 11) is 0. The average Bonchev–Trinajstić information content (AvgIpc) is 2.71. The molecule has 1 aliphatic rings. The van der Waals surface area contributed by atoms with E-state index in [-0.39, 0.29) is 6.23 Å². The molecule has 0 aromatic heterocycles. The van der Waals surface area contributed by atoms with Gasteiger partial charge in [-0.1, -0.05) is 62.1 Å². The van der Waals surface area contributed by atoms with Gasteiger partial charge in [-0.05, 0) is 63.3 Å². The molecule has 2 unspecified atom stereocenters. The summed E-state index contributed by atoms with van der Waals surface area (Å²) >= 11 is 0. The molecule has 3 rings (SSSR count). The number of benzene rings is 2. The third kappa shape index (κ3) is 6.24. The second kappa shape index (κ2) is 10.7. The molecule has 1 aliphatic heterocycles. The minimum atomic E-state index is -0.0300. The first-order chi connectivity index (χ1) is 14.1. The molecular weight excluding hydrogens is 358 g/mol. The van der Waals surface area contributed by atoms with E-state index in [4.69, 9.17) is 9.47 Å². The van der Waals surface area contributed by atoms with Crippen molar-refractivity contribution in [2.45, 2.75) is 84.5 Å². The Labute approximate surface area is 176 Å². The maximum atomic E-state index is 6.47. The molecule has 3 nitrogen and oxygen atoms in total. The highest BCUT2D eigenvalue weighted by atomic mass is 16.5. The van der Waals surface area contributed by atoms with Crippen LogP contribution in [-0.2, 0) is 0 Å². The number of fused-ring (bicyclic) bond motifs is 1. The number of nitrogens with one attached hydrogen (secondary N) is 1. The fourth-order valence-corrected chi connectivity index (χ4v) is 4.33. The fraction of sp³-hybridized carbons (Fsp3) is 0.538. The first-order valence-corrected chi connectivity index (χ1v) is 11.3. The maximum absolute atomic E-state index is 6.47. The van der Waals surface area contributed by atoms with Gasteiger partial charge in [0.25, 0.3) is 0 Å². The Balaban J connectivity index is 1.65. The summed E-state index contributed by atoms with van der Waals surface area (Å²) < 4.78 is 12.5. The first-order valence-electron chi connectivity index (χ1n) is 11.3. The molecule has 0 fully saturated rings. The highest BCUT2D eigenvalue weighted by Gasteiger charge is 2.29. The lowest BCUT2D eigenvalue weighted by Gasteiger charge is -2.34. The Morgan fingerprint density at radius 1 is 1.10 bits per heavy atom. The molecule has 0 aliphatic carbocycles. The number of rotatable bonds is 10. The van der Waals surface area contributed by atoms with Crippen molar-refractivity contribution >= 4 is 0 Å². The van der Waals surface area contributed by atoms with Crippen LogP contribution in [0.2, 0.25) is 0 Å². The Morgan fingerprint density at radius 2 is 1.90 bits per heavy atom. The van der Waals surface area contributed by atoms with Crippen LogP contribution < -0.4 is 14.8 Å². The second-order valence-corrected chi connectivity index (χ2v) is 8.50.